The summed E-state index contributed by atoms with van der Waals surface area (Å²) in [5.41, 5.74) is 0.516. The standard InChI is InChI=1S/C12H11Cl2N3O/c13-9-7-16-12(18)17(8-9)6-5-15-11-4-2-1-3-10(11)14/h1-4,7-8,15H,5-6H2. The summed E-state index contributed by atoms with van der Waals surface area (Å²) >= 11 is 11.8. The van der Waals surface area contributed by atoms with Crippen molar-refractivity contribution >= 4 is 28.9 Å². The van der Waals surface area contributed by atoms with E-state index in [0.717, 1.165) is 5.69 Å². The largest absolute Gasteiger partial charge is 0.382 e. The van der Waals surface area contributed by atoms with Crippen LogP contribution in [0.2, 0.25) is 10.0 Å². The molecule has 0 radical (unpaired) electrons. The number of nitrogens with one attached hydrogen (secondary N) is 1. The molecule has 1 heterocycles. The average molecular weight is 284 g/mol. The molecule has 0 saturated heterocycles. The van der Waals surface area contributed by atoms with Crippen molar-refractivity contribution in [2.24, 2.45) is 0 Å². The summed E-state index contributed by atoms with van der Waals surface area (Å²) in [6, 6.07) is 7.43. The lowest BCUT2D eigenvalue weighted by molar-refractivity contribution is 0.674. The topological polar surface area (TPSA) is 46.9 Å². The van der Waals surface area contributed by atoms with Crippen LogP contribution in [0.4, 0.5) is 5.69 Å². The lowest BCUT2D eigenvalue weighted by Gasteiger charge is -2.09. The van der Waals surface area contributed by atoms with Crippen molar-refractivity contribution in [2.45, 2.75) is 6.54 Å². The Labute approximate surface area is 114 Å². The molecule has 0 spiro atoms. The summed E-state index contributed by atoms with van der Waals surface area (Å²) < 4.78 is 1.45. The van der Waals surface area contributed by atoms with E-state index in [4.69, 9.17) is 23.2 Å². The van der Waals surface area contributed by atoms with Crippen LogP contribution in [0.25, 0.3) is 0 Å². The number of benzene rings is 1. The Balaban J connectivity index is 1.99. The van der Waals surface area contributed by atoms with Crippen molar-refractivity contribution in [1.82, 2.24) is 9.55 Å². The first kappa shape index (κ1) is 12.9. The zero-order valence-electron chi connectivity index (χ0n) is 9.44. The Hall–Kier alpha value is -1.52. The Morgan fingerprint density at radius 2 is 2.06 bits per heavy atom. The number of anilines is 1. The van der Waals surface area contributed by atoms with Crippen LogP contribution >= 0.6 is 23.2 Å². The van der Waals surface area contributed by atoms with Gasteiger partial charge in [-0.05, 0) is 12.1 Å². The van der Waals surface area contributed by atoms with E-state index in [0.29, 0.717) is 23.1 Å². The second-order valence-corrected chi connectivity index (χ2v) is 4.50. The van der Waals surface area contributed by atoms with E-state index in [1.165, 1.54) is 10.8 Å². The number of halogens is 2. The lowest BCUT2D eigenvalue weighted by atomic mass is 10.3. The summed E-state index contributed by atoms with van der Waals surface area (Å²) in [5, 5.41) is 4.23. The van der Waals surface area contributed by atoms with Crippen LogP contribution < -0.4 is 11.0 Å². The second kappa shape index (κ2) is 5.89. The molecular weight excluding hydrogens is 273 g/mol. The highest BCUT2D eigenvalue weighted by Gasteiger charge is 2.00. The van der Waals surface area contributed by atoms with Gasteiger partial charge in [0.15, 0.2) is 0 Å². The molecular formula is C12H11Cl2N3O. The Morgan fingerprint density at radius 1 is 1.28 bits per heavy atom. The third kappa shape index (κ3) is 3.24. The summed E-state index contributed by atoms with van der Waals surface area (Å²) in [6.45, 7) is 1.03. The van der Waals surface area contributed by atoms with Crippen molar-refractivity contribution in [3.63, 3.8) is 0 Å². The zero-order valence-corrected chi connectivity index (χ0v) is 10.9. The summed E-state index contributed by atoms with van der Waals surface area (Å²) in [5.74, 6) is 0. The summed E-state index contributed by atoms with van der Waals surface area (Å²) in [7, 11) is 0. The van der Waals surface area contributed by atoms with Crippen LogP contribution in [0.15, 0.2) is 41.5 Å². The molecule has 0 amide bonds. The number of hydrogen-bond acceptors (Lipinski definition) is 3. The van der Waals surface area contributed by atoms with Crippen LogP contribution in [0, 0.1) is 0 Å². The Morgan fingerprint density at radius 3 is 2.83 bits per heavy atom. The SMILES string of the molecule is O=c1ncc(Cl)cn1CCNc1ccccc1Cl. The molecule has 0 bridgehead atoms. The van der Waals surface area contributed by atoms with Gasteiger partial charge in [0.1, 0.15) is 0 Å². The molecule has 0 unspecified atom stereocenters. The molecule has 1 aromatic heterocycles. The monoisotopic (exact) mass is 283 g/mol. The first-order valence-electron chi connectivity index (χ1n) is 5.37. The molecule has 0 aliphatic heterocycles. The van der Waals surface area contributed by atoms with Gasteiger partial charge >= 0.3 is 5.69 Å². The molecule has 2 rings (SSSR count). The van der Waals surface area contributed by atoms with Crippen LogP contribution in [0.5, 0.6) is 0 Å². The maximum absolute atomic E-state index is 11.4. The third-order valence-electron chi connectivity index (χ3n) is 2.37. The fourth-order valence-electron chi connectivity index (χ4n) is 1.50. The molecule has 18 heavy (non-hydrogen) atoms. The molecule has 1 N–H and O–H groups in total. The molecule has 2 aromatic rings. The van der Waals surface area contributed by atoms with Gasteiger partial charge in [-0.25, -0.2) is 9.78 Å². The second-order valence-electron chi connectivity index (χ2n) is 3.65. The maximum Gasteiger partial charge on any atom is 0.347 e. The summed E-state index contributed by atoms with van der Waals surface area (Å²) in [6.07, 6.45) is 2.90. The van der Waals surface area contributed by atoms with Crippen LogP contribution in [0.1, 0.15) is 0 Å². The normalized spacial score (nSPS) is 10.3. The molecule has 94 valence electrons. The molecule has 0 aliphatic rings. The lowest BCUT2D eigenvalue weighted by Crippen LogP contribution is -2.25. The van der Waals surface area contributed by atoms with E-state index in [1.807, 2.05) is 18.2 Å². The van der Waals surface area contributed by atoms with Gasteiger partial charge in [0.05, 0.1) is 21.9 Å². The highest BCUT2D eigenvalue weighted by Crippen LogP contribution is 2.19. The van der Waals surface area contributed by atoms with Crippen molar-refractivity contribution in [1.29, 1.82) is 0 Å². The number of aromatic nitrogens is 2. The number of rotatable bonds is 4. The minimum absolute atomic E-state index is 0.319. The number of para-hydroxylation sites is 1. The van der Waals surface area contributed by atoms with Gasteiger partial charge in [-0.2, -0.15) is 0 Å². The molecule has 0 aliphatic carbocycles. The molecule has 4 nitrogen and oxygen atoms in total. The van der Waals surface area contributed by atoms with Crippen molar-refractivity contribution < 1.29 is 0 Å². The van der Waals surface area contributed by atoms with Crippen LogP contribution in [0.3, 0.4) is 0 Å². The van der Waals surface area contributed by atoms with Crippen molar-refractivity contribution in [2.75, 3.05) is 11.9 Å². The molecule has 0 saturated carbocycles. The minimum Gasteiger partial charge on any atom is -0.382 e. The molecule has 0 atom stereocenters. The van der Waals surface area contributed by atoms with E-state index >= 15 is 0 Å². The zero-order chi connectivity index (χ0) is 13.0. The van der Waals surface area contributed by atoms with Gasteiger partial charge in [0, 0.05) is 19.3 Å². The van der Waals surface area contributed by atoms with Gasteiger partial charge in [-0.1, -0.05) is 35.3 Å². The predicted octanol–water partition coefficient (Wildman–Crippen LogP) is 2.66. The van der Waals surface area contributed by atoms with Crippen molar-refractivity contribution in [3.05, 3.63) is 57.2 Å². The highest BCUT2D eigenvalue weighted by atomic mass is 35.5. The van der Waals surface area contributed by atoms with E-state index in [-0.39, 0.29) is 5.69 Å². The van der Waals surface area contributed by atoms with E-state index in [2.05, 4.69) is 10.3 Å². The fourth-order valence-corrected chi connectivity index (χ4v) is 1.87. The summed E-state index contributed by atoms with van der Waals surface area (Å²) in [4.78, 5) is 15.1. The highest BCUT2D eigenvalue weighted by molar-refractivity contribution is 6.33. The predicted molar refractivity (Wildman–Crippen MR) is 73.4 cm³/mol. The molecule has 6 heteroatoms. The number of nitrogens with zero attached hydrogens (tertiary/aromatic N) is 2. The average Bonchev–Trinajstić information content (AvgIpc) is 2.36. The molecule has 1 aromatic carbocycles. The maximum atomic E-state index is 11.4. The fraction of sp³-hybridized carbons (Fsp3) is 0.167. The first-order valence-corrected chi connectivity index (χ1v) is 6.13. The number of hydrogen-bond donors (Lipinski definition) is 1. The minimum atomic E-state index is -0.319. The van der Waals surface area contributed by atoms with Crippen molar-refractivity contribution in [3.8, 4) is 0 Å². The molecule has 0 fully saturated rings. The first-order chi connectivity index (χ1) is 8.66. The van der Waals surface area contributed by atoms with E-state index in [1.54, 1.807) is 12.3 Å². The van der Waals surface area contributed by atoms with Gasteiger partial charge in [0.2, 0.25) is 0 Å². The quantitative estimate of drug-likeness (QED) is 0.939. The Bertz CT molecular complexity index is 598. The third-order valence-corrected chi connectivity index (χ3v) is 2.89. The van der Waals surface area contributed by atoms with Gasteiger partial charge in [0.25, 0.3) is 0 Å². The van der Waals surface area contributed by atoms with Crippen LogP contribution in [-0.2, 0) is 6.54 Å². The van der Waals surface area contributed by atoms with Gasteiger partial charge in [-0.15, -0.1) is 0 Å². The smallest absolute Gasteiger partial charge is 0.347 e. The van der Waals surface area contributed by atoms with Gasteiger partial charge in [-0.3, -0.25) is 4.57 Å². The Kier molecular flexibility index (Phi) is 4.23. The van der Waals surface area contributed by atoms with E-state index < -0.39 is 0 Å². The van der Waals surface area contributed by atoms with E-state index in [9.17, 15) is 4.79 Å². The van der Waals surface area contributed by atoms with Crippen LogP contribution in [-0.4, -0.2) is 16.1 Å². The van der Waals surface area contributed by atoms with Gasteiger partial charge < -0.3 is 5.32 Å².